The van der Waals surface area contributed by atoms with E-state index in [1.807, 2.05) is 152 Å². The van der Waals surface area contributed by atoms with Crippen molar-refractivity contribution in [2.24, 2.45) is 0 Å². The summed E-state index contributed by atoms with van der Waals surface area (Å²) in [6.07, 6.45) is 0. The molecule has 0 saturated heterocycles. The van der Waals surface area contributed by atoms with Gasteiger partial charge in [-0.1, -0.05) is 152 Å². The maximum absolute atomic E-state index is 14.8. The van der Waals surface area contributed by atoms with Gasteiger partial charge in [-0.05, 0) is 98.1 Å². The summed E-state index contributed by atoms with van der Waals surface area (Å²) in [7, 11) is -3.93. The van der Waals surface area contributed by atoms with Crippen molar-refractivity contribution < 1.29 is 17.3 Å². The molecule has 0 radical (unpaired) electrons. The molecule has 3 heterocycles. The van der Waals surface area contributed by atoms with Gasteiger partial charge in [-0.15, -0.1) is 0 Å². The Balaban J connectivity index is 1.03. The van der Waals surface area contributed by atoms with Gasteiger partial charge in [-0.3, -0.25) is 0 Å². The predicted molar refractivity (Wildman–Crippen MR) is 251 cm³/mol. The first-order valence-electron chi connectivity index (χ1n) is 20.7. The van der Waals surface area contributed by atoms with E-state index in [1.165, 1.54) is 0 Å². The van der Waals surface area contributed by atoms with Gasteiger partial charge in [0.15, 0.2) is 11.2 Å². The van der Waals surface area contributed by atoms with Crippen molar-refractivity contribution in [1.29, 1.82) is 0 Å². The van der Waals surface area contributed by atoms with Crippen LogP contribution in [-0.2, 0) is 9.84 Å². The van der Waals surface area contributed by atoms with Crippen molar-refractivity contribution in [3.05, 3.63) is 206 Å². The van der Waals surface area contributed by atoms with Crippen molar-refractivity contribution in [1.82, 2.24) is 9.97 Å². The largest absolute Gasteiger partial charge is 0.436 e. The van der Waals surface area contributed by atoms with Crippen molar-refractivity contribution in [3.8, 4) is 89.7 Å². The monoisotopic (exact) mass is 830 g/mol. The number of oxazole rings is 2. The molecule has 0 bridgehead atoms. The van der Waals surface area contributed by atoms with Crippen LogP contribution < -0.4 is 0 Å². The summed E-state index contributed by atoms with van der Waals surface area (Å²) in [5.41, 5.74) is 14.6. The third-order valence-corrected chi connectivity index (χ3v) is 13.7. The summed E-state index contributed by atoms with van der Waals surface area (Å²) in [4.78, 5) is 10.5. The Morgan fingerprint density at radius 3 is 1.32 bits per heavy atom. The van der Waals surface area contributed by atoms with Crippen LogP contribution in [0.5, 0.6) is 0 Å². The highest BCUT2D eigenvalue weighted by Gasteiger charge is 2.37. The summed E-state index contributed by atoms with van der Waals surface area (Å²) >= 11 is 0. The Morgan fingerprint density at radius 1 is 0.317 bits per heavy atom. The summed E-state index contributed by atoms with van der Waals surface area (Å²) in [6.45, 7) is 0. The lowest BCUT2D eigenvalue weighted by Crippen LogP contribution is -1.98. The van der Waals surface area contributed by atoms with Gasteiger partial charge >= 0.3 is 0 Å². The molecule has 0 aliphatic carbocycles. The number of hydrogen-bond acceptors (Lipinski definition) is 6. The molecule has 6 nitrogen and oxygen atoms in total. The zero-order valence-corrected chi connectivity index (χ0v) is 34.4. The standard InChI is InChI=1S/C56H34N2O4S/c59-63(60)52-31-42(37-17-9-3-10-18-37)26-28-45(52)54-47(30-43(32-53(54)63)38-19-11-4-12-20-38)46-29-41(36-15-7-2-8-16-36)25-27-44(46)56-58-49-34-50-48(33-51(49)62-56)57-55(61-50)40-23-21-39(22-24-40)35-13-5-1-6-14-35/h1-34H. The van der Waals surface area contributed by atoms with Crippen LogP contribution in [0.2, 0.25) is 0 Å². The first kappa shape index (κ1) is 36.7. The van der Waals surface area contributed by atoms with Crippen LogP contribution in [0.4, 0.5) is 0 Å². The molecule has 63 heavy (non-hydrogen) atoms. The van der Waals surface area contributed by atoms with E-state index in [9.17, 15) is 8.42 Å². The van der Waals surface area contributed by atoms with Crippen LogP contribution in [0.1, 0.15) is 0 Å². The summed E-state index contributed by atoms with van der Waals surface area (Å²) in [6, 6.07) is 68.0. The van der Waals surface area contributed by atoms with E-state index in [-0.39, 0.29) is 9.79 Å². The molecule has 0 N–H and O–H groups in total. The molecular formula is C56H34N2O4S. The second-order valence-corrected chi connectivity index (χ2v) is 17.6. The lowest BCUT2D eigenvalue weighted by Gasteiger charge is -2.16. The topological polar surface area (TPSA) is 86.2 Å². The highest BCUT2D eigenvalue weighted by atomic mass is 32.2. The minimum atomic E-state index is -3.93. The molecule has 0 amide bonds. The second kappa shape index (κ2) is 14.5. The molecule has 0 atom stereocenters. The summed E-state index contributed by atoms with van der Waals surface area (Å²) in [5, 5.41) is 0. The Morgan fingerprint density at radius 2 is 0.730 bits per heavy atom. The molecule has 2 aromatic heterocycles. The van der Waals surface area contributed by atoms with Crippen LogP contribution in [0.15, 0.2) is 225 Å². The third-order valence-electron chi connectivity index (χ3n) is 11.9. The van der Waals surface area contributed by atoms with E-state index in [2.05, 4.69) is 54.6 Å². The fourth-order valence-corrected chi connectivity index (χ4v) is 10.5. The van der Waals surface area contributed by atoms with Crippen molar-refractivity contribution in [2.75, 3.05) is 0 Å². The Bertz CT molecular complexity index is 3610. The van der Waals surface area contributed by atoms with Gasteiger partial charge in [0.2, 0.25) is 21.6 Å². The predicted octanol–water partition coefficient (Wildman–Crippen LogP) is 14.5. The van der Waals surface area contributed by atoms with Crippen LogP contribution in [0.3, 0.4) is 0 Å². The van der Waals surface area contributed by atoms with Crippen molar-refractivity contribution >= 4 is 32.0 Å². The van der Waals surface area contributed by atoms with Crippen molar-refractivity contribution in [3.63, 3.8) is 0 Å². The molecule has 7 heteroatoms. The Kier molecular flexibility index (Phi) is 8.45. The Hall–Kier alpha value is -8.13. The molecule has 298 valence electrons. The van der Waals surface area contributed by atoms with Crippen LogP contribution in [0, 0.1) is 0 Å². The number of fused-ring (bicyclic) bond motifs is 5. The molecule has 0 spiro atoms. The molecular weight excluding hydrogens is 797 g/mol. The van der Waals surface area contributed by atoms with E-state index in [4.69, 9.17) is 18.8 Å². The zero-order chi connectivity index (χ0) is 42.1. The highest BCUT2D eigenvalue weighted by Crippen LogP contribution is 2.52. The fourth-order valence-electron chi connectivity index (χ4n) is 8.78. The number of nitrogens with zero attached hydrogens (tertiary/aromatic N) is 2. The first-order valence-corrected chi connectivity index (χ1v) is 22.2. The number of sulfone groups is 1. The second-order valence-electron chi connectivity index (χ2n) is 15.7. The van der Waals surface area contributed by atoms with E-state index < -0.39 is 9.84 Å². The average Bonchev–Trinajstić information content (AvgIpc) is 4.03. The smallest absolute Gasteiger partial charge is 0.227 e. The third kappa shape index (κ3) is 6.28. The van der Waals surface area contributed by atoms with Crippen LogP contribution in [-0.4, -0.2) is 18.4 Å². The molecule has 9 aromatic carbocycles. The molecule has 12 rings (SSSR count). The normalized spacial score (nSPS) is 12.7. The minimum Gasteiger partial charge on any atom is -0.436 e. The maximum atomic E-state index is 14.8. The quantitative estimate of drug-likeness (QED) is 0.159. The lowest BCUT2D eigenvalue weighted by molar-refractivity contribution is 0.598. The van der Waals surface area contributed by atoms with Crippen LogP contribution >= 0.6 is 0 Å². The summed E-state index contributed by atoms with van der Waals surface area (Å²) < 4.78 is 42.6. The molecule has 1 aliphatic rings. The minimum absolute atomic E-state index is 0.268. The van der Waals surface area contributed by atoms with Crippen LogP contribution in [0.25, 0.3) is 112 Å². The number of hydrogen-bond donors (Lipinski definition) is 0. The van der Waals surface area contributed by atoms with E-state index in [1.54, 1.807) is 0 Å². The number of aromatic nitrogens is 2. The molecule has 0 unspecified atom stereocenters. The zero-order valence-electron chi connectivity index (χ0n) is 33.6. The van der Waals surface area contributed by atoms with Crippen molar-refractivity contribution in [2.45, 2.75) is 9.79 Å². The van der Waals surface area contributed by atoms with E-state index in [0.29, 0.717) is 50.7 Å². The van der Waals surface area contributed by atoms with E-state index >= 15 is 0 Å². The van der Waals surface area contributed by atoms with Gasteiger partial charge in [0.1, 0.15) is 11.0 Å². The SMILES string of the molecule is O=S1(=O)c2cc(-c3ccccc3)ccc2-c2c(-c3cc(-c4ccccc4)ccc3-c3nc4cc5oc(-c6ccc(-c7ccccc7)cc6)nc5cc4o3)cc(-c3ccccc3)cc21. The molecule has 11 aromatic rings. The van der Waals surface area contributed by atoms with Gasteiger partial charge in [0.25, 0.3) is 0 Å². The van der Waals surface area contributed by atoms with E-state index in [0.717, 1.165) is 61.2 Å². The molecule has 0 fully saturated rings. The highest BCUT2D eigenvalue weighted by molar-refractivity contribution is 7.92. The van der Waals surface area contributed by atoms with Gasteiger partial charge in [-0.25, -0.2) is 18.4 Å². The fraction of sp³-hybridized carbons (Fsp3) is 0. The van der Waals surface area contributed by atoms with Gasteiger partial charge in [0.05, 0.1) is 9.79 Å². The Labute approximate surface area is 363 Å². The number of benzene rings is 9. The lowest BCUT2D eigenvalue weighted by atomic mass is 9.87. The first-order chi connectivity index (χ1) is 30.9. The number of rotatable bonds is 7. The summed E-state index contributed by atoms with van der Waals surface area (Å²) in [5.74, 6) is 0.901. The van der Waals surface area contributed by atoms with Gasteiger partial charge < -0.3 is 8.83 Å². The average molecular weight is 831 g/mol. The molecule has 1 aliphatic heterocycles. The van der Waals surface area contributed by atoms with Gasteiger partial charge in [-0.2, -0.15) is 0 Å². The molecule has 0 saturated carbocycles. The van der Waals surface area contributed by atoms with Gasteiger partial charge in [0, 0.05) is 34.4 Å². The maximum Gasteiger partial charge on any atom is 0.227 e.